The van der Waals surface area contributed by atoms with Crippen molar-refractivity contribution in [1.82, 2.24) is 4.98 Å². The van der Waals surface area contributed by atoms with Crippen molar-refractivity contribution in [3.63, 3.8) is 0 Å². The molecule has 0 fully saturated rings. The second-order valence-electron chi connectivity index (χ2n) is 3.81. The van der Waals surface area contributed by atoms with Gasteiger partial charge in [-0.1, -0.05) is 35.3 Å². The minimum Gasteiger partial charge on any atom is -0.478 e. The topological polar surface area (TPSA) is 62.2 Å². The molecule has 98 valence electrons. The van der Waals surface area contributed by atoms with Gasteiger partial charge in [0.15, 0.2) is 0 Å². The molecule has 19 heavy (non-hydrogen) atoms. The van der Waals surface area contributed by atoms with Gasteiger partial charge < -0.3 is 10.4 Å². The summed E-state index contributed by atoms with van der Waals surface area (Å²) in [6.07, 6.45) is 1.40. The first-order valence-corrected chi connectivity index (χ1v) is 6.19. The van der Waals surface area contributed by atoms with Crippen molar-refractivity contribution in [2.75, 3.05) is 5.32 Å². The van der Waals surface area contributed by atoms with E-state index < -0.39 is 5.97 Å². The molecular formula is C13H10Cl2N2O2. The predicted octanol–water partition coefficient (Wildman–Crippen LogP) is 3.70. The van der Waals surface area contributed by atoms with E-state index in [9.17, 15) is 4.79 Å². The van der Waals surface area contributed by atoms with Crippen LogP contribution < -0.4 is 5.32 Å². The summed E-state index contributed by atoms with van der Waals surface area (Å²) in [5, 5.41) is 12.7. The third kappa shape index (κ3) is 3.36. The zero-order chi connectivity index (χ0) is 13.8. The number of nitrogens with one attached hydrogen (secondary N) is 1. The van der Waals surface area contributed by atoms with Gasteiger partial charge in [0, 0.05) is 17.8 Å². The molecule has 0 bridgehead atoms. The monoisotopic (exact) mass is 296 g/mol. The molecule has 0 saturated heterocycles. The third-order valence-corrected chi connectivity index (χ3v) is 3.13. The molecule has 4 nitrogen and oxygen atoms in total. The number of hydrogen-bond acceptors (Lipinski definition) is 3. The van der Waals surface area contributed by atoms with E-state index in [0.29, 0.717) is 17.4 Å². The summed E-state index contributed by atoms with van der Waals surface area (Å²) >= 11 is 11.8. The van der Waals surface area contributed by atoms with Gasteiger partial charge in [-0.05, 0) is 23.8 Å². The smallest absolute Gasteiger partial charge is 0.337 e. The van der Waals surface area contributed by atoms with Crippen LogP contribution in [-0.2, 0) is 6.54 Å². The number of anilines is 1. The molecular weight excluding hydrogens is 287 g/mol. The van der Waals surface area contributed by atoms with Crippen molar-refractivity contribution in [2.24, 2.45) is 0 Å². The SMILES string of the molecule is O=C(O)c1ccnc(NCc2ccc(Cl)cc2)c1Cl. The molecule has 1 heterocycles. The van der Waals surface area contributed by atoms with Crippen LogP contribution in [0, 0.1) is 0 Å². The lowest BCUT2D eigenvalue weighted by Crippen LogP contribution is -2.05. The fourth-order valence-corrected chi connectivity index (χ4v) is 1.91. The van der Waals surface area contributed by atoms with Gasteiger partial charge in [0.2, 0.25) is 0 Å². The van der Waals surface area contributed by atoms with Crippen molar-refractivity contribution in [3.8, 4) is 0 Å². The number of benzene rings is 1. The highest BCUT2D eigenvalue weighted by molar-refractivity contribution is 6.35. The first-order valence-electron chi connectivity index (χ1n) is 5.44. The molecule has 0 saturated carbocycles. The molecule has 0 aliphatic rings. The number of rotatable bonds is 4. The molecule has 2 aromatic rings. The molecule has 0 atom stereocenters. The van der Waals surface area contributed by atoms with Crippen molar-refractivity contribution >= 4 is 35.0 Å². The van der Waals surface area contributed by atoms with Crippen LogP contribution in [0.2, 0.25) is 10.0 Å². The number of halogens is 2. The van der Waals surface area contributed by atoms with Crippen LogP contribution in [-0.4, -0.2) is 16.1 Å². The number of carbonyl (C=O) groups is 1. The number of aromatic carboxylic acids is 1. The maximum absolute atomic E-state index is 10.9. The maximum Gasteiger partial charge on any atom is 0.337 e. The fraction of sp³-hybridized carbons (Fsp3) is 0.0769. The summed E-state index contributed by atoms with van der Waals surface area (Å²) in [5.74, 6) is -0.738. The first-order chi connectivity index (χ1) is 9.08. The average Bonchev–Trinajstić information content (AvgIpc) is 2.39. The number of carboxylic acids is 1. The number of hydrogen-bond donors (Lipinski definition) is 2. The molecule has 2 N–H and O–H groups in total. The largest absolute Gasteiger partial charge is 0.478 e. The number of pyridine rings is 1. The summed E-state index contributed by atoms with van der Waals surface area (Å²) in [7, 11) is 0. The molecule has 0 aliphatic heterocycles. The third-order valence-electron chi connectivity index (χ3n) is 2.49. The number of nitrogens with zero attached hydrogens (tertiary/aromatic N) is 1. The van der Waals surface area contributed by atoms with E-state index in [1.807, 2.05) is 12.1 Å². The second kappa shape index (κ2) is 5.91. The summed E-state index contributed by atoms with van der Waals surface area (Å²) in [5.41, 5.74) is 1.01. The van der Waals surface area contributed by atoms with Crippen LogP contribution in [0.5, 0.6) is 0 Å². The van der Waals surface area contributed by atoms with E-state index in [2.05, 4.69) is 10.3 Å². The summed E-state index contributed by atoms with van der Waals surface area (Å²) in [6.45, 7) is 0.479. The number of carboxylic acid groups (broad SMARTS) is 1. The van der Waals surface area contributed by atoms with Gasteiger partial charge >= 0.3 is 5.97 Å². The Kier molecular flexibility index (Phi) is 4.24. The lowest BCUT2D eigenvalue weighted by molar-refractivity contribution is 0.0697. The van der Waals surface area contributed by atoms with E-state index in [1.165, 1.54) is 12.3 Å². The van der Waals surface area contributed by atoms with Crippen LogP contribution >= 0.6 is 23.2 Å². The molecule has 0 aliphatic carbocycles. The van der Waals surface area contributed by atoms with E-state index in [-0.39, 0.29) is 10.6 Å². The average molecular weight is 297 g/mol. The Labute approximate surface area is 120 Å². The summed E-state index contributed by atoms with van der Waals surface area (Å²) in [6, 6.07) is 8.65. The molecule has 2 rings (SSSR count). The molecule has 6 heteroatoms. The number of aromatic nitrogens is 1. The van der Waals surface area contributed by atoms with Crippen molar-refractivity contribution in [2.45, 2.75) is 6.54 Å². The van der Waals surface area contributed by atoms with Crippen LogP contribution in [0.1, 0.15) is 15.9 Å². The van der Waals surface area contributed by atoms with E-state index >= 15 is 0 Å². The van der Waals surface area contributed by atoms with Gasteiger partial charge in [-0.3, -0.25) is 0 Å². The molecule has 0 unspecified atom stereocenters. The fourth-order valence-electron chi connectivity index (χ4n) is 1.52. The summed E-state index contributed by atoms with van der Waals surface area (Å²) in [4.78, 5) is 15.0. The van der Waals surface area contributed by atoms with Crippen molar-refractivity contribution < 1.29 is 9.90 Å². The molecule has 0 spiro atoms. The van der Waals surface area contributed by atoms with Crippen LogP contribution in [0.25, 0.3) is 0 Å². The minimum absolute atomic E-state index is 0.0234. The Morgan fingerprint density at radius 1 is 1.21 bits per heavy atom. The lowest BCUT2D eigenvalue weighted by atomic mass is 10.2. The van der Waals surface area contributed by atoms with Gasteiger partial charge in [0.05, 0.1) is 10.6 Å². The zero-order valence-electron chi connectivity index (χ0n) is 9.73. The maximum atomic E-state index is 10.9. The van der Waals surface area contributed by atoms with Crippen LogP contribution in [0.4, 0.5) is 5.82 Å². The Morgan fingerprint density at radius 2 is 1.89 bits per heavy atom. The highest BCUT2D eigenvalue weighted by Gasteiger charge is 2.12. The Balaban J connectivity index is 2.13. The summed E-state index contributed by atoms with van der Waals surface area (Å²) < 4.78 is 0. The molecule has 0 radical (unpaired) electrons. The molecule has 0 amide bonds. The highest BCUT2D eigenvalue weighted by atomic mass is 35.5. The Hall–Kier alpha value is -1.78. The second-order valence-corrected chi connectivity index (χ2v) is 4.62. The van der Waals surface area contributed by atoms with Crippen molar-refractivity contribution in [3.05, 3.63) is 57.7 Å². The van der Waals surface area contributed by atoms with E-state index in [0.717, 1.165) is 5.56 Å². The van der Waals surface area contributed by atoms with Gasteiger partial charge in [0.1, 0.15) is 5.82 Å². The normalized spacial score (nSPS) is 10.2. The standard InChI is InChI=1S/C13H10Cl2N2O2/c14-9-3-1-8(2-4-9)7-17-12-11(15)10(13(18)19)5-6-16-12/h1-6H,7H2,(H,16,17)(H,18,19). The van der Waals surface area contributed by atoms with Crippen LogP contribution in [0.15, 0.2) is 36.5 Å². The minimum atomic E-state index is -1.08. The van der Waals surface area contributed by atoms with Crippen LogP contribution in [0.3, 0.4) is 0 Å². The quantitative estimate of drug-likeness (QED) is 0.903. The Bertz CT molecular complexity index is 600. The van der Waals surface area contributed by atoms with Gasteiger partial charge in [0.25, 0.3) is 0 Å². The lowest BCUT2D eigenvalue weighted by Gasteiger charge is -2.09. The Morgan fingerprint density at radius 3 is 2.53 bits per heavy atom. The van der Waals surface area contributed by atoms with Gasteiger partial charge in [-0.2, -0.15) is 0 Å². The zero-order valence-corrected chi connectivity index (χ0v) is 11.2. The van der Waals surface area contributed by atoms with E-state index in [1.54, 1.807) is 12.1 Å². The van der Waals surface area contributed by atoms with Gasteiger partial charge in [-0.25, -0.2) is 9.78 Å². The first kappa shape index (κ1) is 13.6. The van der Waals surface area contributed by atoms with E-state index in [4.69, 9.17) is 28.3 Å². The molecule has 1 aromatic heterocycles. The van der Waals surface area contributed by atoms with Crippen molar-refractivity contribution in [1.29, 1.82) is 0 Å². The highest BCUT2D eigenvalue weighted by Crippen LogP contribution is 2.24. The molecule has 1 aromatic carbocycles. The predicted molar refractivity (Wildman–Crippen MR) is 75.0 cm³/mol. The van der Waals surface area contributed by atoms with Gasteiger partial charge in [-0.15, -0.1) is 0 Å².